The molecule has 1 fully saturated rings. The van der Waals surface area contributed by atoms with Crippen LogP contribution in [0.3, 0.4) is 0 Å². The Morgan fingerprint density at radius 1 is 1.13 bits per heavy atom. The number of phenolic OH excluding ortho intramolecular Hbond substituents is 1. The van der Waals surface area contributed by atoms with Gasteiger partial charge in [-0.15, -0.1) is 5.10 Å². The highest BCUT2D eigenvalue weighted by molar-refractivity contribution is 9.10. The van der Waals surface area contributed by atoms with E-state index >= 15 is 0 Å². The van der Waals surface area contributed by atoms with E-state index in [2.05, 4.69) is 31.7 Å². The molecular formula is C21H19BrN6O2. The number of carbonyl (C=O) groups excluding carboxylic acids is 1. The standard InChI is InChI=1S/C21H19BrN6O2/c22-15-5-3-4-14-17(15)25-21(24-16-6-1-2-11-23-20(16)30)28-19(14)26-18(27-28)12-7-9-13(29)10-8-12/h3-5,7-10,16,29H,1-2,6,11H2,(H,23,30)(H,24,25). The van der Waals surface area contributed by atoms with Crippen LogP contribution in [-0.4, -0.2) is 43.2 Å². The molecule has 3 N–H and O–H groups in total. The molecule has 30 heavy (non-hydrogen) atoms. The van der Waals surface area contributed by atoms with E-state index < -0.39 is 0 Å². The Kier molecular flexibility index (Phi) is 4.74. The number of rotatable bonds is 3. The molecular weight excluding hydrogens is 448 g/mol. The van der Waals surface area contributed by atoms with Crippen LogP contribution in [0.25, 0.3) is 27.9 Å². The highest BCUT2D eigenvalue weighted by Gasteiger charge is 2.23. The first-order valence-electron chi connectivity index (χ1n) is 9.79. The molecule has 4 aromatic rings. The lowest BCUT2D eigenvalue weighted by atomic mass is 10.1. The van der Waals surface area contributed by atoms with E-state index in [4.69, 9.17) is 9.97 Å². The number of amides is 1. The predicted molar refractivity (Wildman–Crippen MR) is 117 cm³/mol. The number of anilines is 1. The molecule has 1 aliphatic rings. The van der Waals surface area contributed by atoms with Gasteiger partial charge in [-0.3, -0.25) is 4.79 Å². The number of benzene rings is 2. The van der Waals surface area contributed by atoms with Crippen molar-refractivity contribution in [1.82, 2.24) is 24.9 Å². The first kappa shape index (κ1) is 18.8. The van der Waals surface area contributed by atoms with Crippen molar-refractivity contribution in [3.8, 4) is 17.1 Å². The number of halogens is 1. The maximum absolute atomic E-state index is 12.5. The summed E-state index contributed by atoms with van der Waals surface area (Å²) in [5.41, 5.74) is 2.16. The number of para-hydroxylation sites is 1. The average molecular weight is 467 g/mol. The van der Waals surface area contributed by atoms with E-state index in [0.29, 0.717) is 24.0 Å². The van der Waals surface area contributed by atoms with Gasteiger partial charge in [0.05, 0.1) is 5.52 Å². The maximum Gasteiger partial charge on any atom is 0.242 e. The number of fused-ring (bicyclic) bond motifs is 3. The number of nitrogens with zero attached hydrogens (tertiary/aromatic N) is 4. The van der Waals surface area contributed by atoms with Crippen molar-refractivity contribution in [3.05, 3.63) is 46.9 Å². The highest BCUT2D eigenvalue weighted by Crippen LogP contribution is 2.29. The van der Waals surface area contributed by atoms with Gasteiger partial charge in [0, 0.05) is 22.0 Å². The zero-order chi connectivity index (χ0) is 20.7. The van der Waals surface area contributed by atoms with E-state index in [-0.39, 0.29) is 17.7 Å². The summed E-state index contributed by atoms with van der Waals surface area (Å²) in [5.74, 6) is 1.12. The summed E-state index contributed by atoms with van der Waals surface area (Å²) >= 11 is 3.57. The Morgan fingerprint density at radius 2 is 1.97 bits per heavy atom. The Bertz CT molecular complexity index is 1250. The summed E-state index contributed by atoms with van der Waals surface area (Å²) in [4.78, 5) is 22.0. The summed E-state index contributed by atoms with van der Waals surface area (Å²) in [7, 11) is 0. The fraction of sp³-hybridized carbons (Fsp3) is 0.238. The molecule has 8 nitrogen and oxygen atoms in total. The summed E-state index contributed by atoms with van der Waals surface area (Å²) in [6.07, 6.45) is 2.64. The fourth-order valence-electron chi connectivity index (χ4n) is 3.66. The molecule has 2 aromatic carbocycles. The number of nitrogens with one attached hydrogen (secondary N) is 2. The van der Waals surface area contributed by atoms with Crippen LogP contribution in [0.5, 0.6) is 5.75 Å². The van der Waals surface area contributed by atoms with Gasteiger partial charge < -0.3 is 15.7 Å². The van der Waals surface area contributed by atoms with Gasteiger partial charge in [-0.1, -0.05) is 6.07 Å². The number of hydrogen-bond donors (Lipinski definition) is 3. The van der Waals surface area contributed by atoms with Gasteiger partial charge in [0.2, 0.25) is 11.9 Å². The molecule has 1 unspecified atom stereocenters. The van der Waals surface area contributed by atoms with Crippen LogP contribution in [0.4, 0.5) is 5.95 Å². The summed E-state index contributed by atoms with van der Waals surface area (Å²) in [6, 6.07) is 12.1. The van der Waals surface area contributed by atoms with E-state index in [1.54, 1.807) is 28.8 Å². The third-order valence-electron chi connectivity index (χ3n) is 5.22. The van der Waals surface area contributed by atoms with Crippen LogP contribution in [0.1, 0.15) is 19.3 Å². The van der Waals surface area contributed by atoms with Crippen molar-refractivity contribution >= 4 is 44.3 Å². The molecule has 2 aromatic heterocycles. The smallest absolute Gasteiger partial charge is 0.242 e. The van der Waals surface area contributed by atoms with Crippen molar-refractivity contribution in [3.63, 3.8) is 0 Å². The molecule has 0 aliphatic carbocycles. The molecule has 1 atom stereocenters. The lowest BCUT2D eigenvalue weighted by molar-refractivity contribution is -0.121. The molecule has 1 saturated heterocycles. The molecule has 152 valence electrons. The minimum absolute atomic E-state index is 0.0338. The second-order valence-corrected chi connectivity index (χ2v) is 8.13. The number of aromatic hydroxyl groups is 1. The van der Waals surface area contributed by atoms with Crippen molar-refractivity contribution < 1.29 is 9.90 Å². The largest absolute Gasteiger partial charge is 0.508 e. The molecule has 9 heteroatoms. The number of phenols is 1. The highest BCUT2D eigenvalue weighted by atomic mass is 79.9. The first-order chi connectivity index (χ1) is 14.6. The Morgan fingerprint density at radius 3 is 2.80 bits per heavy atom. The summed E-state index contributed by atoms with van der Waals surface area (Å²) in [5, 5.41) is 21.3. The SMILES string of the molecule is O=C1NCCCCC1Nc1nc2c(Br)cccc2c2nc(-c3ccc(O)cc3)nn12. The second kappa shape index (κ2) is 7.56. The molecule has 5 rings (SSSR count). The molecule has 3 heterocycles. The third kappa shape index (κ3) is 3.35. The third-order valence-corrected chi connectivity index (χ3v) is 5.86. The minimum atomic E-state index is -0.385. The topological polar surface area (TPSA) is 104 Å². The van der Waals surface area contributed by atoms with Gasteiger partial charge >= 0.3 is 0 Å². The van der Waals surface area contributed by atoms with Crippen molar-refractivity contribution in [2.75, 3.05) is 11.9 Å². The average Bonchev–Trinajstić information content (AvgIpc) is 3.10. The molecule has 1 aliphatic heterocycles. The molecule has 0 bridgehead atoms. The Balaban J connectivity index is 1.68. The zero-order valence-corrected chi connectivity index (χ0v) is 17.6. The van der Waals surface area contributed by atoms with Crippen LogP contribution in [0.15, 0.2) is 46.9 Å². The van der Waals surface area contributed by atoms with E-state index in [1.807, 2.05) is 18.2 Å². The van der Waals surface area contributed by atoms with Crippen LogP contribution in [-0.2, 0) is 4.79 Å². The minimum Gasteiger partial charge on any atom is -0.508 e. The van der Waals surface area contributed by atoms with Crippen molar-refractivity contribution in [2.45, 2.75) is 25.3 Å². The Labute approximate surface area is 180 Å². The van der Waals surface area contributed by atoms with Gasteiger partial charge in [0.1, 0.15) is 11.8 Å². The normalized spacial score (nSPS) is 17.1. The summed E-state index contributed by atoms with van der Waals surface area (Å²) in [6.45, 7) is 0.692. The predicted octanol–water partition coefficient (Wildman–Crippen LogP) is 3.49. The van der Waals surface area contributed by atoms with Gasteiger partial charge in [-0.05, 0) is 71.6 Å². The molecule has 1 amide bonds. The van der Waals surface area contributed by atoms with Crippen LogP contribution in [0, 0.1) is 0 Å². The van der Waals surface area contributed by atoms with Gasteiger partial charge in [0.25, 0.3) is 0 Å². The first-order valence-corrected chi connectivity index (χ1v) is 10.6. The van der Waals surface area contributed by atoms with E-state index in [9.17, 15) is 9.90 Å². The van der Waals surface area contributed by atoms with Gasteiger partial charge in [0.15, 0.2) is 11.5 Å². The molecule has 0 radical (unpaired) electrons. The fourth-order valence-corrected chi connectivity index (χ4v) is 4.11. The van der Waals surface area contributed by atoms with Crippen molar-refractivity contribution in [2.24, 2.45) is 0 Å². The summed E-state index contributed by atoms with van der Waals surface area (Å²) < 4.78 is 2.49. The van der Waals surface area contributed by atoms with Gasteiger partial charge in [-0.25, -0.2) is 9.97 Å². The quantitative estimate of drug-likeness (QED) is 0.426. The monoisotopic (exact) mass is 466 g/mol. The van der Waals surface area contributed by atoms with E-state index in [1.165, 1.54) is 0 Å². The lowest BCUT2D eigenvalue weighted by Crippen LogP contribution is -2.38. The molecule has 0 saturated carbocycles. The van der Waals surface area contributed by atoms with Crippen molar-refractivity contribution in [1.29, 1.82) is 0 Å². The number of hydrogen-bond acceptors (Lipinski definition) is 6. The molecule has 0 spiro atoms. The number of aromatic nitrogens is 4. The van der Waals surface area contributed by atoms with E-state index in [0.717, 1.165) is 40.2 Å². The van der Waals surface area contributed by atoms with Crippen LogP contribution in [0.2, 0.25) is 0 Å². The zero-order valence-electron chi connectivity index (χ0n) is 16.0. The Hall–Kier alpha value is -3.20. The van der Waals surface area contributed by atoms with Gasteiger partial charge in [-0.2, -0.15) is 4.52 Å². The van der Waals surface area contributed by atoms with Crippen LogP contribution >= 0.6 is 15.9 Å². The second-order valence-electron chi connectivity index (χ2n) is 7.27. The maximum atomic E-state index is 12.5. The number of carbonyl (C=O) groups is 1. The lowest BCUT2D eigenvalue weighted by Gasteiger charge is -2.17. The van der Waals surface area contributed by atoms with Crippen LogP contribution < -0.4 is 10.6 Å².